The highest BCUT2D eigenvalue weighted by Crippen LogP contribution is 2.34. The van der Waals surface area contributed by atoms with E-state index < -0.39 is 41.1 Å². The Kier molecular flexibility index (Phi) is 4.63. The molecule has 5 nitrogen and oxygen atoms in total. The molecule has 0 spiro atoms. The van der Waals surface area contributed by atoms with Crippen LogP contribution in [-0.2, 0) is 11.0 Å². The van der Waals surface area contributed by atoms with Crippen LogP contribution in [0.3, 0.4) is 0 Å². The molecule has 1 aromatic carbocycles. The number of carboxylic acid groups (broad SMARTS) is 1. The standard InChI is InChI=1S/C15H11F4NO4/c1-7(14(22)23)24-12-3-2-8(4-11(12)21)13-10(16)5-9(6-20-13)15(17,18)19/h2-7,21H,1H3,(H,22,23). The molecule has 1 aromatic heterocycles. The highest BCUT2D eigenvalue weighted by Gasteiger charge is 2.32. The third-order valence-electron chi connectivity index (χ3n) is 3.05. The van der Waals surface area contributed by atoms with E-state index in [0.29, 0.717) is 12.3 Å². The Bertz CT molecular complexity index is 777. The first-order valence-electron chi connectivity index (χ1n) is 6.55. The van der Waals surface area contributed by atoms with Crippen LogP contribution in [0.5, 0.6) is 11.5 Å². The minimum absolute atomic E-state index is 0.00838. The number of halogens is 4. The predicted octanol–water partition coefficient (Wildman–Crippen LogP) is 3.46. The molecular weight excluding hydrogens is 334 g/mol. The number of hydrogen-bond donors (Lipinski definition) is 2. The Balaban J connectivity index is 2.34. The Morgan fingerprint density at radius 3 is 2.46 bits per heavy atom. The topological polar surface area (TPSA) is 79.7 Å². The predicted molar refractivity (Wildman–Crippen MR) is 74.0 cm³/mol. The molecule has 2 N–H and O–H groups in total. The Labute approximate surface area is 133 Å². The molecule has 0 aliphatic rings. The second-order valence-electron chi connectivity index (χ2n) is 4.83. The van der Waals surface area contributed by atoms with Crippen molar-refractivity contribution in [3.8, 4) is 22.8 Å². The zero-order valence-corrected chi connectivity index (χ0v) is 12.1. The van der Waals surface area contributed by atoms with Gasteiger partial charge in [-0.05, 0) is 31.2 Å². The van der Waals surface area contributed by atoms with Crippen LogP contribution >= 0.6 is 0 Å². The fourth-order valence-electron chi connectivity index (χ4n) is 1.81. The molecule has 0 saturated carbocycles. The molecule has 0 aliphatic heterocycles. The van der Waals surface area contributed by atoms with Crippen LogP contribution in [0.15, 0.2) is 30.5 Å². The van der Waals surface area contributed by atoms with Crippen molar-refractivity contribution in [3.05, 3.63) is 41.8 Å². The van der Waals surface area contributed by atoms with E-state index in [2.05, 4.69) is 4.98 Å². The van der Waals surface area contributed by atoms with Crippen molar-refractivity contribution in [1.29, 1.82) is 0 Å². The van der Waals surface area contributed by atoms with Crippen LogP contribution in [0.2, 0.25) is 0 Å². The summed E-state index contributed by atoms with van der Waals surface area (Å²) < 4.78 is 56.3. The number of benzene rings is 1. The maximum absolute atomic E-state index is 13.9. The quantitative estimate of drug-likeness (QED) is 0.830. The average Bonchev–Trinajstić information content (AvgIpc) is 2.48. The van der Waals surface area contributed by atoms with Crippen molar-refractivity contribution >= 4 is 5.97 Å². The molecule has 9 heteroatoms. The molecule has 0 radical (unpaired) electrons. The van der Waals surface area contributed by atoms with Gasteiger partial charge in [0.15, 0.2) is 17.6 Å². The second kappa shape index (κ2) is 6.34. The summed E-state index contributed by atoms with van der Waals surface area (Å²) in [6.07, 6.45) is -5.48. The molecule has 24 heavy (non-hydrogen) atoms. The van der Waals surface area contributed by atoms with Crippen molar-refractivity contribution < 1.29 is 37.3 Å². The van der Waals surface area contributed by atoms with Gasteiger partial charge in [-0.25, -0.2) is 9.18 Å². The summed E-state index contributed by atoms with van der Waals surface area (Å²) >= 11 is 0. The van der Waals surface area contributed by atoms with Crippen LogP contribution in [0.4, 0.5) is 17.6 Å². The lowest BCUT2D eigenvalue weighted by Crippen LogP contribution is -2.22. The summed E-state index contributed by atoms with van der Waals surface area (Å²) in [7, 11) is 0. The van der Waals surface area contributed by atoms with E-state index >= 15 is 0 Å². The van der Waals surface area contributed by atoms with Gasteiger partial charge in [0.05, 0.1) is 5.56 Å². The van der Waals surface area contributed by atoms with Gasteiger partial charge in [-0.2, -0.15) is 13.2 Å². The van der Waals surface area contributed by atoms with Crippen molar-refractivity contribution in [2.45, 2.75) is 19.2 Å². The van der Waals surface area contributed by atoms with Crippen LogP contribution in [0, 0.1) is 5.82 Å². The molecule has 1 heterocycles. The van der Waals surface area contributed by atoms with Gasteiger partial charge in [0.2, 0.25) is 0 Å². The molecule has 0 bridgehead atoms. The molecule has 0 aliphatic carbocycles. The number of aromatic nitrogens is 1. The molecule has 0 amide bonds. The van der Waals surface area contributed by atoms with E-state index in [4.69, 9.17) is 9.84 Å². The Morgan fingerprint density at radius 2 is 1.96 bits per heavy atom. The van der Waals surface area contributed by atoms with Crippen molar-refractivity contribution in [2.75, 3.05) is 0 Å². The van der Waals surface area contributed by atoms with Crippen molar-refractivity contribution in [1.82, 2.24) is 4.98 Å². The number of aliphatic carboxylic acids is 1. The van der Waals surface area contributed by atoms with Crippen molar-refractivity contribution in [2.24, 2.45) is 0 Å². The lowest BCUT2D eigenvalue weighted by Gasteiger charge is -2.13. The monoisotopic (exact) mass is 345 g/mol. The number of carbonyl (C=O) groups is 1. The molecule has 0 fully saturated rings. The first kappa shape index (κ1) is 17.5. The van der Waals surface area contributed by atoms with Gasteiger partial charge in [0, 0.05) is 11.8 Å². The van der Waals surface area contributed by atoms with E-state index in [0.717, 1.165) is 6.07 Å². The van der Waals surface area contributed by atoms with Crippen LogP contribution < -0.4 is 4.74 Å². The van der Waals surface area contributed by atoms with Crippen LogP contribution in [0.1, 0.15) is 12.5 Å². The number of alkyl halides is 3. The zero-order valence-electron chi connectivity index (χ0n) is 12.1. The third kappa shape index (κ3) is 3.73. The zero-order chi connectivity index (χ0) is 18.1. The number of carboxylic acids is 1. The van der Waals surface area contributed by atoms with Crippen LogP contribution in [0.25, 0.3) is 11.3 Å². The molecule has 0 saturated heterocycles. The SMILES string of the molecule is CC(Oc1ccc(-c2ncc(C(F)(F)F)cc2F)cc1O)C(=O)O. The Morgan fingerprint density at radius 1 is 1.29 bits per heavy atom. The summed E-state index contributed by atoms with van der Waals surface area (Å²) in [6, 6.07) is 3.73. The van der Waals surface area contributed by atoms with E-state index in [1.165, 1.54) is 19.1 Å². The second-order valence-corrected chi connectivity index (χ2v) is 4.83. The maximum Gasteiger partial charge on any atom is 0.417 e. The first-order chi connectivity index (χ1) is 11.1. The van der Waals surface area contributed by atoms with Gasteiger partial charge < -0.3 is 14.9 Å². The lowest BCUT2D eigenvalue weighted by atomic mass is 10.1. The highest BCUT2D eigenvalue weighted by molar-refractivity contribution is 5.72. The number of aromatic hydroxyl groups is 1. The fraction of sp³-hybridized carbons (Fsp3) is 0.200. The molecule has 1 unspecified atom stereocenters. The van der Waals surface area contributed by atoms with E-state index in [-0.39, 0.29) is 11.3 Å². The summed E-state index contributed by atoms with van der Waals surface area (Å²) in [4.78, 5) is 14.1. The van der Waals surface area contributed by atoms with Crippen molar-refractivity contribution in [3.63, 3.8) is 0 Å². The van der Waals surface area contributed by atoms with Gasteiger partial charge in [-0.15, -0.1) is 0 Å². The number of phenols is 1. The number of phenolic OH excluding ortho intramolecular Hbond substituents is 1. The maximum atomic E-state index is 13.9. The highest BCUT2D eigenvalue weighted by atomic mass is 19.4. The van der Waals surface area contributed by atoms with Gasteiger partial charge >= 0.3 is 12.1 Å². The lowest BCUT2D eigenvalue weighted by molar-refractivity contribution is -0.144. The normalized spacial score (nSPS) is 12.7. The van der Waals surface area contributed by atoms with Gasteiger partial charge in [0.25, 0.3) is 0 Å². The smallest absolute Gasteiger partial charge is 0.417 e. The summed E-state index contributed by atoms with van der Waals surface area (Å²) in [5.74, 6) is -3.13. The van der Waals surface area contributed by atoms with E-state index in [1.807, 2.05) is 0 Å². The number of rotatable bonds is 4. The fourth-order valence-corrected chi connectivity index (χ4v) is 1.81. The van der Waals surface area contributed by atoms with Gasteiger partial charge in [-0.1, -0.05) is 0 Å². The molecule has 2 aromatic rings. The molecular formula is C15H11F4NO4. The number of pyridine rings is 1. The van der Waals surface area contributed by atoms with E-state index in [1.54, 1.807) is 0 Å². The van der Waals surface area contributed by atoms with Crippen LogP contribution in [-0.4, -0.2) is 27.3 Å². The molecule has 2 rings (SSSR count). The third-order valence-corrected chi connectivity index (χ3v) is 3.05. The summed E-state index contributed by atoms with van der Waals surface area (Å²) in [6.45, 7) is 1.24. The summed E-state index contributed by atoms with van der Waals surface area (Å²) in [5, 5.41) is 18.5. The largest absolute Gasteiger partial charge is 0.504 e. The van der Waals surface area contributed by atoms with E-state index in [9.17, 15) is 27.5 Å². The first-order valence-corrected chi connectivity index (χ1v) is 6.55. The molecule has 1 atom stereocenters. The van der Waals surface area contributed by atoms with Gasteiger partial charge in [-0.3, -0.25) is 4.98 Å². The number of ether oxygens (including phenoxy) is 1. The number of nitrogens with zero attached hydrogens (tertiary/aromatic N) is 1. The minimum atomic E-state index is -4.72. The number of hydrogen-bond acceptors (Lipinski definition) is 4. The molecule has 128 valence electrons. The Hall–Kier alpha value is -2.84. The minimum Gasteiger partial charge on any atom is -0.504 e. The summed E-state index contributed by atoms with van der Waals surface area (Å²) in [5.41, 5.74) is -1.62. The van der Waals surface area contributed by atoms with Gasteiger partial charge in [0.1, 0.15) is 11.5 Å². The average molecular weight is 345 g/mol.